The third-order valence-corrected chi connectivity index (χ3v) is 2.05. The van der Waals surface area contributed by atoms with Crippen LogP contribution in [0.25, 0.3) is 5.69 Å². The predicted molar refractivity (Wildman–Crippen MR) is 53.1 cm³/mol. The molecule has 2 aromatic rings. The van der Waals surface area contributed by atoms with E-state index in [9.17, 15) is 0 Å². The number of nitrogens with one attached hydrogen (secondary N) is 1. The van der Waals surface area contributed by atoms with Crippen LogP contribution in [0.2, 0.25) is 0 Å². The zero-order valence-corrected chi connectivity index (χ0v) is 8.28. The number of nitrogens with zero attached hydrogens (tertiary/aromatic N) is 3. The van der Waals surface area contributed by atoms with Gasteiger partial charge in [-0.15, -0.1) is 0 Å². The molecule has 0 aliphatic heterocycles. The fourth-order valence-corrected chi connectivity index (χ4v) is 1.27. The number of aromatic nitrogens is 4. The van der Waals surface area contributed by atoms with Crippen LogP contribution >= 0.6 is 12.2 Å². The molecular weight excluding hydrogens is 200 g/mol. The fraction of sp³-hybridized carbons (Fsp3) is 0.125. The van der Waals surface area contributed by atoms with E-state index in [0.29, 0.717) is 10.7 Å². The van der Waals surface area contributed by atoms with Gasteiger partial charge < -0.3 is 4.74 Å². The van der Waals surface area contributed by atoms with Gasteiger partial charge in [0.25, 0.3) is 0 Å². The van der Waals surface area contributed by atoms with Crippen molar-refractivity contribution in [3.8, 4) is 11.6 Å². The highest BCUT2D eigenvalue weighted by atomic mass is 32.1. The van der Waals surface area contributed by atoms with Crippen LogP contribution in [0.1, 0.15) is 0 Å². The van der Waals surface area contributed by atoms with E-state index in [1.54, 1.807) is 30.3 Å². The third kappa shape index (κ3) is 1.51. The van der Waals surface area contributed by atoms with Crippen LogP contribution < -0.4 is 4.74 Å². The van der Waals surface area contributed by atoms with Crippen LogP contribution in [0.3, 0.4) is 0 Å². The standard InChI is InChI=1S/C8H8N4OS/c1-13-7-3-2-6(4-9-7)12-5-10-11-8(12)14/h2-5H,1H3,(H,11,14). The Morgan fingerprint density at radius 2 is 2.36 bits per heavy atom. The maximum absolute atomic E-state index is 5.01. The first-order valence-electron chi connectivity index (χ1n) is 3.93. The van der Waals surface area contributed by atoms with E-state index in [1.165, 1.54) is 0 Å². The summed E-state index contributed by atoms with van der Waals surface area (Å²) in [4.78, 5) is 4.06. The van der Waals surface area contributed by atoms with Crippen LogP contribution in [0.5, 0.6) is 5.88 Å². The largest absolute Gasteiger partial charge is 0.481 e. The maximum Gasteiger partial charge on any atom is 0.213 e. The van der Waals surface area contributed by atoms with E-state index >= 15 is 0 Å². The molecule has 0 radical (unpaired) electrons. The van der Waals surface area contributed by atoms with Gasteiger partial charge in [-0.3, -0.25) is 9.67 Å². The van der Waals surface area contributed by atoms with E-state index in [0.717, 1.165) is 5.69 Å². The monoisotopic (exact) mass is 208 g/mol. The van der Waals surface area contributed by atoms with Crippen molar-refractivity contribution in [1.82, 2.24) is 19.7 Å². The number of H-pyrrole nitrogens is 1. The van der Waals surface area contributed by atoms with Crippen LogP contribution in [0.4, 0.5) is 0 Å². The van der Waals surface area contributed by atoms with Crippen LogP contribution in [0.15, 0.2) is 24.7 Å². The third-order valence-electron chi connectivity index (χ3n) is 1.76. The summed E-state index contributed by atoms with van der Waals surface area (Å²) in [5, 5.41) is 6.48. The van der Waals surface area contributed by atoms with Crippen molar-refractivity contribution < 1.29 is 4.74 Å². The summed E-state index contributed by atoms with van der Waals surface area (Å²) in [6.45, 7) is 0. The van der Waals surface area contributed by atoms with Crippen molar-refractivity contribution in [2.75, 3.05) is 7.11 Å². The Labute approximate surface area is 85.4 Å². The molecule has 14 heavy (non-hydrogen) atoms. The Morgan fingerprint density at radius 1 is 1.50 bits per heavy atom. The Bertz CT molecular complexity index is 473. The number of ether oxygens (including phenoxy) is 1. The van der Waals surface area contributed by atoms with E-state index < -0.39 is 0 Å². The number of methoxy groups -OCH3 is 1. The van der Waals surface area contributed by atoms with Crippen LogP contribution in [0, 0.1) is 4.77 Å². The molecule has 2 rings (SSSR count). The number of hydrogen-bond acceptors (Lipinski definition) is 4. The van der Waals surface area contributed by atoms with E-state index in [2.05, 4.69) is 15.2 Å². The topological polar surface area (TPSA) is 55.7 Å². The van der Waals surface area contributed by atoms with Gasteiger partial charge in [0.05, 0.1) is 19.0 Å². The molecule has 1 N–H and O–H groups in total. The molecule has 0 atom stereocenters. The Kier molecular flexibility index (Phi) is 2.28. The molecule has 0 amide bonds. The summed E-state index contributed by atoms with van der Waals surface area (Å²) in [6.07, 6.45) is 3.27. The second-order valence-electron chi connectivity index (χ2n) is 2.59. The van der Waals surface area contributed by atoms with Gasteiger partial charge in [-0.2, -0.15) is 5.10 Å². The van der Waals surface area contributed by atoms with E-state index in [-0.39, 0.29) is 0 Å². The van der Waals surface area contributed by atoms with Gasteiger partial charge in [-0.05, 0) is 18.3 Å². The van der Waals surface area contributed by atoms with E-state index in [1.807, 2.05) is 6.07 Å². The second kappa shape index (κ2) is 3.59. The van der Waals surface area contributed by atoms with Crippen molar-refractivity contribution in [3.05, 3.63) is 29.4 Å². The molecule has 0 aromatic carbocycles. The smallest absolute Gasteiger partial charge is 0.213 e. The quantitative estimate of drug-likeness (QED) is 0.756. The molecule has 0 aliphatic carbocycles. The molecule has 0 saturated heterocycles. The molecule has 0 fully saturated rings. The van der Waals surface area contributed by atoms with Crippen LogP contribution in [-0.4, -0.2) is 26.9 Å². The molecule has 2 aromatic heterocycles. The Balaban J connectivity index is 2.44. The van der Waals surface area contributed by atoms with Crippen molar-refractivity contribution in [2.24, 2.45) is 0 Å². The van der Waals surface area contributed by atoms with Crippen molar-refractivity contribution >= 4 is 12.2 Å². The summed E-state index contributed by atoms with van der Waals surface area (Å²) in [6, 6.07) is 3.63. The number of rotatable bonds is 2. The average Bonchev–Trinajstić information content (AvgIpc) is 2.65. The first-order chi connectivity index (χ1) is 6.81. The van der Waals surface area contributed by atoms with Gasteiger partial charge in [-0.1, -0.05) is 0 Å². The summed E-state index contributed by atoms with van der Waals surface area (Å²) >= 11 is 5.01. The number of hydrogen-bond donors (Lipinski definition) is 1. The Hall–Kier alpha value is -1.69. The lowest BCUT2D eigenvalue weighted by Crippen LogP contribution is -1.94. The van der Waals surface area contributed by atoms with Crippen molar-refractivity contribution in [1.29, 1.82) is 0 Å². The molecule has 5 nitrogen and oxygen atoms in total. The first kappa shape index (κ1) is 8.89. The lowest BCUT2D eigenvalue weighted by Gasteiger charge is -2.01. The van der Waals surface area contributed by atoms with Gasteiger partial charge in [0.2, 0.25) is 5.88 Å². The van der Waals surface area contributed by atoms with Gasteiger partial charge in [0.1, 0.15) is 6.33 Å². The zero-order chi connectivity index (χ0) is 9.97. The first-order valence-corrected chi connectivity index (χ1v) is 4.34. The molecule has 72 valence electrons. The molecule has 6 heteroatoms. The van der Waals surface area contributed by atoms with Crippen LogP contribution in [-0.2, 0) is 0 Å². The maximum atomic E-state index is 5.01. The molecular formula is C8H8N4OS. The molecule has 0 spiro atoms. The molecule has 0 bridgehead atoms. The van der Waals surface area contributed by atoms with Gasteiger partial charge in [0, 0.05) is 6.07 Å². The minimum Gasteiger partial charge on any atom is -0.481 e. The molecule has 2 heterocycles. The second-order valence-corrected chi connectivity index (χ2v) is 2.98. The van der Waals surface area contributed by atoms with Gasteiger partial charge in [-0.25, -0.2) is 4.98 Å². The summed E-state index contributed by atoms with van der Waals surface area (Å²) in [7, 11) is 1.57. The lowest BCUT2D eigenvalue weighted by atomic mass is 10.4. The summed E-state index contributed by atoms with van der Waals surface area (Å²) < 4.78 is 7.21. The highest BCUT2D eigenvalue weighted by Crippen LogP contribution is 2.10. The minimum absolute atomic E-state index is 0.539. The summed E-state index contributed by atoms with van der Waals surface area (Å²) in [5.74, 6) is 0.573. The van der Waals surface area contributed by atoms with Crippen molar-refractivity contribution in [3.63, 3.8) is 0 Å². The van der Waals surface area contributed by atoms with Gasteiger partial charge in [0.15, 0.2) is 4.77 Å². The molecule has 0 unspecified atom stereocenters. The zero-order valence-electron chi connectivity index (χ0n) is 7.47. The average molecular weight is 208 g/mol. The highest BCUT2D eigenvalue weighted by Gasteiger charge is 1.99. The Morgan fingerprint density at radius 3 is 2.86 bits per heavy atom. The van der Waals surface area contributed by atoms with E-state index in [4.69, 9.17) is 17.0 Å². The minimum atomic E-state index is 0.539. The van der Waals surface area contributed by atoms with Crippen molar-refractivity contribution in [2.45, 2.75) is 0 Å². The number of pyridine rings is 1. The normalized spacial score (nSPS) is 10.1. The molecule has 0 saturated carbocycles. The lowest BCUT2D eigenvalue weighted by molar-refractivity contribution is 0.398. The fourth-order valence-electron chi connectivity index (χ4n) is 1.07. The van der Waals surface area contributed by atoms with Gasteiger partial charge >= 0.3 is 0 Å². The SMILES string of the molecule is COc1ccc(-n2cn[nH]c2=S)cn1. The number of aromatic amines is 1. The molecule has 0 aliphatic rings. The summed E-state index contributed by atoms with van der Waals surface area (Å²) in [5.41, 5.74) is 0.851. The predicted octanol–water partition coefficient (Wildman–Crippen LogP) is 1.33. The highest BCUT2D eigenvalue weighted by molar-refractivity contribution is 7.71.